The van der Waals surface area contributed by atoms with Crippen molar-refractivity contribution in [3.63, 3.8) is 0 Å². The first-order chi connectivity index (χ1) is 14.5. The third-order valence-electron chi connectivity index (χ3n) is 5.47. The van der Waals surface area contributed by atoms with E-state index in [2.05, 4.69) is 14.5 Å². The lowest BCUT2D eigenvalue weighted by Gasteiger charge is -2.26. The summed E-state index contributed by atoms with van der Waals surface area (Å²) in [4.78, 5) is 18.8. The fraction of sp³-hybridized carbons (Fsp3) is 0.238. The van der Waals surface area contributed by atoms with Crippen molar-refractivity contribution in [3.8, 4) is 11.3 Å². The minimum atomic E-state index is -3.68. The Labute approximate surface area is 173 Å². The summed E-state index contributed by atoms with van der Waals surface area (Å²) in [6.45, 7) is 1.04. The highest BCUT2D eigenvalue weighted by atomic mass is 32.2. The highest BCUT2D eigenvalue weighted by molar-refractivity contribution is 7.90. The van der Waals surface area contributed by atoms with E-state index in [9.17, 15) is 13.2 Å². The molecule has 1 unspecified atom stereocenters. The van der Waals surface area contributed by atoms with Crippen molar-refractivity contribution in [2.24, 2.45) is 4.40 Å². The Bertz CT molecular complexity index is 1300. The molecule has 2 aliphatic heterocycles. The zero-order chi connectivity index (χ0) is 20.7. The van der Waals surface area contributed by atoms with Crippen molar-refractivity contribution in [3.05, 3.63) is 76.8 Å². The second-order valence-corrected chi connectivity index (χ2v) is 8.93. The SMILES string of the molecule is O=c1ccc(-c2cccnc2)nn1CC1CCCN1C1=NS(=O)(=O)c2ccccc21. The van der Waals surface area contributed by atoms with E-state index in [4.69, 9.17) is 0 Å². The molecule has 0 spiro atoms. The molecule has 5 rings (SSSR count). The van der Waals surface area contributed by atoms with Gasteiger partial charge < -0.3 is 4.90 Å². The third-order valence-corrected chi connectivity index (χ3v) is 6.79. The zero-order valence-electron chi connectivity index (χ0n) is 16.0. The molecule has 2 aliphatic rings. The highest BCUT2D eigenvalue weighted by Crippen LogP contribution is 2.31. The van der Waals surface area contributed by atoms with Crippen LogP contribution < -0.4 is 5.56 Å². The molecular weight excluding hydrogens is 402 g/mol. The number of hydrogen-bond acceptors (Lipinski definition) is 6. The fourth-order valence-corrected chi connectivity index (χ4v) is 5.26. The van der Waals surface area contributed by atoms with Crippen molar-refractivity contribution in [2.45, 2.75) is 30.3 Å². The van der Waals surface area contributed by atoms with Crippen LogP contribution in [0.1, 0.15) is 18.4 Å². The van der Waals surface area contributed by atoms with Gasteiger partial charge >= 0.3 is 0 Å². The number of rotatable bonds is 3. The van der Waals surface area contributed by atoms with E-state index >= 15 is 0 Å². The van der Waals surface area contributed by atoms with Gasteiger partial charge in [-0.05, 0) is 43.2 Å². The molecule has 1 aromatic carbocycles. The molecule has 0 saturated carbocycles. The van der Waals surface area contributed by atoms with Crippen molar-refractivity contribution in [1.82, 2.24) is 19.7 Å². The van der Waals surface area contributed by atoms with E-state index in [1.54, 1.807) is 36.7 Å². The van der Waals surface area contributed by atoms with Crippen molar-refractivity contribution in [1.29, 1.82) is 0 Å². The van der Waals surface area contributed by atoms with Gasteiger partial charge in [0.25, 0.3) is 15.6 Å². The molecule has 0 radical (unpaired) electrons. The van der Waals surface area contributed by atoms with Crippen LogP contribution in [0.15, 0.2) is 75.0 Å². The van der Waals surface area contributed by atoms with Gasteiger partial charge in [-0.25, -0.2) is 4.68 Å². The monoisotopic (exact) mass is 421 g/mol. The van der Waals surface area contributed by atoms with Gasteiger partial charge in [0.15, 0.2) is 5.84 Å². The first-order valence-corrected chi connectivity index (χ1v) is 11.2. The second kappa shape index (κ2) is 7.17. The smallest absolute Gasteiger partial charge is 0.285 e. The van der Waals surface area contributed by atoms with Crippen LogP contribution >= 0.6 is 0 Å². The Morgan fingerprint density at radius 2 is 1.93 bits per heavy atom. The molecule has 1 fully saturated rings. The molecule has 0 N–H and O–H groups in total. The Balaban J connectivity index is 1.47. The standard InChI is InChI=1S/C21H19N5O3S/c27-20-10-9-18(15-5-3-11-22-13-15)23-26(20)14-16-6-4-12-25(16)21-17-7-1-2-8-19(17)30(28,29)24-21/h1-3,5,7-11,13,16H,4,6,12,14H2. The Morgan fingerprint density at radius 3 is 2.77 bits per heavy atom. The van der Waals surface area contributed by atoms with Crippen LogP contribution in [0, 0.1) is 0 Å². The maximum absolute atomic E-state index is 12.5. The number of likely N-dealkylation sites (tertiary alicyclic amines) is 1. The minimum absolute atomic E-state index is 0.0699. The molecule has 2 aromatic heterocycles. The molecule has 1 saturated heterocycles. The molecule has 8 nitrogen and oxygen atoms in total. The van der Waals surface area contributed by atoms with Gasteiger partial charge in [0.2, 0.25) is 0 Å². The van der Waals surface area contributed by atoms with Crippen molar-refractivity contribution >= 4 is 15.9 Å². The molecule has 9 heteroatoms. The van der Waals surface area contributed by atoms with E-state index < -0.39 is 10.0 Å². The maximum Gasteiger partial charge on any atom is 0.285 e. The number of aromatic nitrogens is 3. The number of benzene rings is 1. The topological polar surface area (TPSA) is 97.5 Å². The molecule has 4 heterocycles. The molecule has 152 valence electrons. The average molecular weight is 421 g/mol. The van der Waals surface area contributed by atoms with Gasteiger partial charge in [0, 0.05) is 36.1 Å². The maximum atomic E-state index is 12.5. The van der Waals surface area contributed by atoms with Crippen LogP contribution in [0.4, 0.5) is 0 Å². The van der Waals surface area contributed by atoms with Crippen LogP contribution in [0.5, 0.6) is 0 Å². The summed E-state index contributed by atoms with van der Waals surface area (Å²) in [5.74, 6) is 0.463. The lowest BCUT2D eigenvalue weighted by Crippen LogP contribution is -2.40. The van der Waals surface area contributed by atoms with E-state index in [1.807, 2.05) is 23.1 Å². The van der Waals surface area contributed by atoms with E-state index in [0.717, 1.165) is 18.4 Å². The van der Waals surface area contributed by atoms with Gasteiger partial charge in [-0.15, -0.1) is 4.40 Å². The molecule has 30 heavy (non-hydrogen) atoms. The quantitative estimate of drug-likeness (QED) is 0.641. The summed E-state index contributed by atoms with van der Waals surface area (Å²) in [6.07, 6.45) is 5.10. The molecule has 3 aromatic rings. The van der Waals surface area contributed by atoms with Crippen molar-refractivity contribution in [2.75, 3.05) is 6.54 Å². The summed E-state index contributed by atoms with van der Waals surface area (Å²) in [5.41, 5.74) is 1.91. The molecule has 0 aliphatic carbocycles. The van der Waals surface area contributed by atoms with E-state index in [0.29, 0.717) is 30.2 Å². The number of sulfonamides is 1. The lowest BCUT2D eigenvalue weighted by molar-refractivity contribution is 0.331. The number of hydrogen-bond donors (Lipinski definition) is 0. The molecule has 0 bridgehead atoms. The Kier molecular flexibility index (Phi) is 4.47. The summed E-state index contributed by atoms with van der Waals surface area (Å²) in [6, 6.07) is 13.7. The number of pyridine rings is 1. The predicted octanol–water partition coefficient (Wildman–Crippen LogP) is 1.92. The summed E-state index contributed by atoms with van der Waals surface area (Å²) in [7, 11) is -3.68. The number of amidine groups is 1. The molecular formula is C21H19N5O3S. The van der Waals surface area contributed by atoms with Gasteiger partial charge in [-0.2, -0.15) is 13.5 Å². The lowest BCUT2D eigenvalue weighted by atomic mass is 10.1. The van der Waals surface area contributed by atoms with Gasteiger partial charge in [-0.3, -0.25) is 9.78 Å². The summed E-state index contributed by atoms with van der Waals surface area (Å²) in [5, 5.41) is 4.52. The first kappa shape index (κ1) is 18.7. The predicted molar refractivity (Wildman–Crippen MR) is 112 cm³/mol. The largest absolute Gasteiger partial charge is 0.351 e. The Morgan fingerprint density at radius 1 is 1.07 bits per heavy atom. The fourth-order valence-electron chi connectivity index (χ4n) is 4.05. The third kappa shape index (κ3) is 3.21. The van der Waals surface area contributed by atoms with Crippen LogP contribution in [-0.4, -0.2) is 46.5 Å². The first-order valence-electron chi connectivity index (χ1n) is 9.72. The van der Waals surface area contributed by atoms with Crippen LogP contribution in [0.3, 0.4) is 0 Å². The van der Waals surface area contributed by atoms with Gasteiger partial charge in [-0.1, -0.05) is 12.1 Å². The van der Waals surface area contributed by atoms with Crippen LogP contribution in [-0.2, 0) is 16.6 Å². The average Bonchev–Trinajstić information content (AvgIpc) is 3.32. The zero-order valence-corrected chi connectivity index (χ0v) is 16.9. The normalized spacial score (nSPS) is 19.5. The Hall–Kier alpha value is -3.33. The second-order valence-electron chi connectivity index (χ2n) is 7.36. The molecule has 0 amide bonds. The highest BCUT2D eigenvalue weighted by Gasteiger charge is 2.36. The van der Waals surface area contributed by atoms with E-state index in [-0.39, 0.29) is 16.5 Å². The van der Waals surface area contributed by atoms with Crippen LogP contribution in [0.25, 0.3) is 11.3 Å². The van der Waals surface area contributed by atoms with Gasteiger partial charge in [0.1, 0.15) is 4.90 Å². The minimum Gasteiger partial charge on any atom is -0.351 e. The summed E-state index contributed by atoms with van der Waals surface area (Å²) < 4.78 is 30.4. The molecule has 1 atom stereocenters. The number of nitrogens with zero attached hydrogens (tertiary/aromatic N) is 5. The summed E-state index contributed by atoms with van der Waals surface area (Å²) >= 11 is 0. The van der Waals surface area contributed by atoms with E-state index in [1.165, 1.54) is 10.7 Å². The number of fused-ring (bicyclic) bond motifs is 1. The van der Waals surface area contributed by atoms with Crippen LogP contribution in [0.2, 0.25) is 0 Å². The van der Waals surface area contributed by atoms with Crippen molar-refractivity contribution < 1.29 is 8.42 Å². The van der Waals surface area contributed by atoms with Gasteiger partial charge in [0.05, 0.1) is 18.3 Å².